The van der Waals surface area contributed by atoms with Crippen molar-refractivity contribution in [2.24, 2.45) is 17.6 Å². The molecule has 15 heavy (non-hydrogen) atoms. The van der Waals surface area contributed by atoms with E-state index in [0.717, 1.165) is 25.9 Å². The molecule has 1 fully saturated rings. The maximum Gasteiger partial charge on any atom is 0.227 e. The molecule has 1 rings (SSSR count). The second-order valence-electron chi connectivity index (χ2n) is 4.70. The summed E-state index contributed by atoms with van der Waals surface area (Å²) < 4.78 is 0. The van der Waals surface area contributed by atoms with Crippen molar-refractivity contribution in [3.8, 4) is 0 Å². The van der Waals surface area contributed by atoms with E-state index < -0.39 is 0 Å². The number of nitrogens with two attached hydrogens (primary N) is 1. The van der Waals surface area contributed by atoms with E-state index in [2.05, 4.69) is 6.92 Å². The lowest BCUT2D eigenvalue weighted by molar-refractivity contribution is -0.137. The number of hydrogen-bond acceptors (Lipinski definition) is 2. The topological polar surface area (TPSA) is 46.3 Å². The largest absolute Gasteiger partial charge is 0.343 e. The molecule has 0 aromatic carbocycles. The van der Waals surface area contributed by atoms with Crippen LogP contribution in [0.3, 0.4) is 0 Å². The van der Waals surface area contributed by atoms with E-state index in [-0.39, 0.29) is 17.9 Å². The lowest BCUT2D eigenvalue weighted by atomic mass is 9.78. The first-order valence-corrected chi connectivity index (χ1v) is 6.14. The lowest BCUT2D eigenvalue weighted by Gasteiger charge is -2.34. The van der Waals surface area contributed by atoms with Crippen molar-refractivity contribution in [3.63, 3.8) is 0 Å². The fraction of sp³-hybridized carbons (Fsp3) is 0.917. The SMILES string of the molecule is CCN(CC)C(=O)C1CC(C)CCC1N. The molecule has 0 heterocycles. The fourth-order valence-electron chi connectivity index (χ4n) is 2.46. The van der Waals surface area contributed by atoms with E-state index in [9.17, 15) is 4.79 Å². The average molecular weight is 212 g/mol. The number of hydrogen-bond donors (Lipinski definition) is 1. The van der Waals surface area contributed by atoms with Crippen LogP contribution >= 0.6 is 0 Å². The van der Waals surface area contributed by atoms with E-state index >= 15 is 0 Å². The summed E-state index contributed by atoms with van der Waals surface area (Å²) in [6.07, 6.45) is 3.14. The van der Waals surface area contributed by atoms with Crippen molar-refractivity contribution in [1.82, 2.24) is 4.90 Å². The van der Waals surface area contributed by atoms with E-state index in [1.165, 1.54) is 6.42 Å². The van der Waals surface area contributed by atoms with Gasteiger partial charge in [-0.25, -0.2) is 0 Å². The lowest BCUT2D eigenvalue weighted by Crippen LogP contribution is -2.46. The molecule has 3 atom stereocenters. The van der Waals surface area contributed by atoms with Crippen molar-refractivity contribution in [2.75, 3.05) is 13.1 Å². The van der Waals surface area contributed by atoms with Crippen LogP contribution in [0.1, 0.15) is 40.0 Å². The number of amides is 1. The van der Waals surface area contributed by atoms with E-state index in [1.54, 1.807) is 0 Å². The van der Waals surface area contributed by atoms with Crippen LogP contribution in [0, 0.1) is 11.8 Å². The summed E-state index contributed by atoms with van der Waals surface area (Å²) in [4.78, 5) is 14.1. The highest BCUT2D eigenvalue weighted by Gasteiger charge is 2.33. The van der Waals surface area contributed by atoms with E-state index in [4.69, 9.17) is 5.73 Å². The molecule has 88 valence electrons. The Labute approximate surface area is 93.0 Å². The second kappa shape index (κ2) is 5.50. The van der Waals surface area contributed by atoms with Crippen LogP contribution in [0.4, 0.5) is 0 Å². The third-order valence-corrected chi connectivity index (χ3v) is 3.56. The van der Waals surface area contributed by atoms with Crippen molar-refractivity contribution < 1.29 is 4.79 Å². The highest BCUT2D eigenvalue weighted by molar-refractivity contribution is 5.79. The summed E-state index contributed by atoms with van der Waals surface area (Å²) in [5.74, 6) is 0.974. The predicted molar refractivity (Wildman–Crippen MR) is 62.4 cm³/mol. The Morgan fingerprint density at radius 1 is 1.33 bits per heavy atom. The van der Waals surface area contributed by atoms with Crippen LogP contribution in [-0.2, 0) is 4.79 Å². The van der Waals surface area contributed by atoms with Gasteiger partial charge in [-0.2, -0.15) is 0 Å². The monoisotopic (exact) mass is 212 g/mol. The van der Waals surface area contributed by atoms with Crippen LogP contribution in [0.2, 0.25) is 0 Å². The van der Waals surface area contributed by atoms with Gasteiger partial charge in [0.05, 0.1) is 5.92 Å². The minimum atomic E-state index is 0.0636. The van der Waals surface area contributed by atoms with Crippen molar-refractivity contribution in [2.45, 2.75) is 46.1 Å². The Balaban J connectivity index is 2.63. The summed E-state index contributed by atoms with van der Waals surface area (Å²) in [7, 11) is 0. The Morgan fingerprint density at radius 3 is 2.47 bits per heavy atom. The molecule has 2 N–H and O–H groups in total. The molecule has 0 spiro atoms. The Morgan fingerprint density at radius 2 is 1.93 bits per heavy atom. The number of nitrogens with zero attached hydrogens (tertiary/aromatic N) is 1. The smallest absolute Gasteiger partial charge is 0.227 e. The van der Waals surface area contributed by atoms with Crippen LogP contribution in [0.25, 0.3) is 0 Å². The van der Waals surface area contributed by atoms with Crippen LogP contribution in [-0.4, -0.2) is 29.9 Å². The first-order chi connectivity index (χ1) is 7.10. The predicted octanol–water partition coefficient (Wildman–Crippen LogP) is 1.62. The summed E-state index contributed by atoms with van der Waals surface area (Å²) in [6, 6.07) is 0.0781. The van der Waals surface area contributed by atoms with Gasteiger partial charge < -0.3 is 10.6 Å². The quantitative estimate of drug-likeness (QED) is 0.772. The third-order valence-electron chi connectivity index (χ3n) is 3.56. The molecular formula is C12H24N2O. The van der Waals surface area contributed by atoms with Crippen molar-refractivity contribution in [1.29, 1.82) is 0 Å². The van der Waals surface area contributed by atoms with Crippen LogP contribution in [0.5, 0.6) is 0 Å². The van der Waals surface area contributed by atoms with Crippen LogP contribution in [0.15, 0.2) is 0 Å². The molecule has 3 heteroatoms. The zero-order chi connectivity index (χ0) is 11.4. The summed E-state index contributed by atoms with van der Waals surface area (Å²) in [5.41, 5.74) is 6.04. The van der Waals surface area contributed by atoms with E-state index in [1.807, 2.05) is 18.7 Å². The number of carbonyl (C=O) groups is 1. The molecule has 0 saturated heterocycles. The minimum absolute atomic E-state index is 0.0636. The standard InChI is InChI=1S/C12H24N2O/c1-4-14(5-2)12(15)10-8-9(3)6-7-11(10)13/h9-11H,4-8,13H2,1-3H3. The van der Waals surface area contributed by atoms with Crippen molar-refractivity contribution in [3.05, 3.63) is 0 Å². The van der Waals surface area contributed by atoms with Gasteiger partial charge in [0.1, 0.15) is 0 Å². The van der Waals surface area contributed by atoms with Gasteiger partial charge in [-0.15, -0.1) is 0 Å². The molecular weight excluding hydrogens is 188 g/mol. The highest BCUT2D eigenvalue weighted by atomic mass is 16.2. The zero-order valence-electron chi connectivity index (χ0n) is 10.2. The fourth-order valence-corrected chi connectivity index (χ4v) is 2.46. The molecule has 0 aromatic heterocycles. The third kappa shape index (κ3) is 2.94. The maximum atomic E-state index is 12.2. The molecule has 3 unspecified atom stereocenters. The van der Waals surface area contributed by atoms with Gasteiger partial charge in [-0.3, -0.25) is 4.79 Å². The van der Waals surface area contributed by atoms with Gasteiger partial charge in [0.25, 0.3) is 0 Å². The molecule has 3 nitrogen and oxygen atoms in total. The Hall–Kier alpha value is -0.570. The molecule has 1 aliphatic rings. The number of rotatable bonds is 3. The van der Waals surface area contributed by atoms with Gasteiger partial charge in [0.15, 0.2) is 0 Å². The highest BCUT2D eigenvalue weighted by Crippen LogP contribution is 2.29. The van der Waals surface area contributed by atoms with Gasteiger partial charge in [-0.05, 0) is 39.0 Å². The Kier molecular flexibility index (Phi) is 4.58. The maximum absolute atomic E-state index is 12.2. The Bertz CT molecular complexity index is 214. The average Bonchev–Trinajstić information content (AvgIpc) is 2.23. The molecule has 1 saturated carbocycles. The van der Waals surface area contributed by atoms with Gasteiger partial charge in [0.2, 0.25) is 5.91 Å². The number of carbonyl (C=O) groups excluding carboxylic acids is 1. The molecule has 0 aromatic rings. The van der Waals surface area contributed by atoms with Crippen molar-refractivity contribution >= 4 is 5.91 Å². The van der Waals surface area contributed by atoms with E-state index in [0.29, 0.717) is 5.92 Å². The van der Waals surface area contributed by atoms with Gasteiger partial charge >= 0.3 is 0 Å². The summed E-state index contributed by atoms with van der Waals surface area (Å²) >= 11 is 0. The first-order valence-electron chi connectivity index (χ1n) is 6.14. The normalized spacial score (nSPS) is 31.3. The molecule has 0 aliphatic heterocycles. The van der Waals surface area contributed by atoms with Gasteiger partial charge in [-0.1, -0.05) is 6.92 Å². The molecule has 1 aliphatic carbocycles. The van der Waals surface area contributed by atoms with Gasteiger partial charge in [0, 0.05) is 19.1 Å². The second-order valence-corrected chi connectivity index (χ2v) is 4.70. The molecule has 0 radical (unpaired) electrons. The summed E-state index contributed by atoms with van der Waals surface area (Å²) in [5, 5.41) is 0. The molecule has 1 amide bonds. The minimum Gasteiger partial charge on any atom is -0.343 e. The van der Waals surface area contributed by atoms with Crippen LogP contribution < -0.4 is 5.73 Å². The molecule has 0 bridgehead atoms. The first kappa shape index (κ1) is 12.5. The summed E-state index contributed by atoms with van der Waals surface area (Å²) in [6.45, 7) is 7.87. The zero-order valence-corrected chi connectivity index (χ0v) is 10.2.